The zero-order chi connectivity index (χ0) is 11.5. The molecule has 4 heteroatoms. The molecule has 4 nitrogen and oxygen atoms in total. The highest BCUT2D eigenvalue weighted by molar-refractivity contribution is 5.77. The van der Waals surface area contributed by atoms with Crippen LogP contribution in [0.5, 0.6) is 0 Å². The van der Waals surface area contributed by atoms with Crippen LogP contribution in [0.2, 0.25) is 0 Å². The molecule has 1 aliphatic heterocycles. The van der Waals surface area contributed by atoms with Crippen molar-refractivity contribution in [1.29, 1.82) is 0 Å². The largest absolute Gasteiger partial charge is 0.340 e. The maximum absolute atomic E-state index is 11.6. The van der Waals surface area contributed by atoms with Crippen molar-refractivity contribution in [2.75, 3.05) is 7.05 Å². The van der Waals surface area contributed by atoms with Gasteiger partial charge < -0.3 is 5.32 Å². The van der Waals surface area contributed by atoms with Crippen molar-refractivity contribution in [2.24, 2.45) is 0 Å². The molecule has 0 aliphatic carbocycles. The zero-order valence-electron chi connectivity index (χ0n) is 9.45. The first kappa shape index (κ1) is 10.7. The van der Waals surface area contributed by atoms with E-state index in [1.54, 1.807) is 7.05 Å². The number of benzene rings is 1. The number of urea groups is 1. The second-order valence-electron chi connectivity index (χ2n) is 3.71. The minimum absolute atomic E-state index is 0.151. The first-order valence-electron chi connectivity index (χ1n) is 5.24. The fourth-order valence-corrected chi connectivity index (χ4v) is 1.76. The second-order valence-corrected chi connectivity index (χ2v) is 3.71. The average molecular weight is 217 g/mol. The number of fused-ring (bicyclic) bond motifs is 1. The summed E-state index contributed by atoms with van der Waals surface area (Å²) in [6.45, 7) is 2.56. The number of carbonyl (C=O) groups excluding carboxylic acids is 1. The summed E-state index contributed by atoms with van der Waals surface area (Å²) in [6.07, 6.45) is 2.00. The molecule has 0 radical (unpaired) electrons. The van der Waals surface area contributed by atoms with Crippen LogP contribution in [0, 0.1) is 0 Å². The molecule has 2 N–H and O–H groups in total. The third-order valence-electron chi connectivity index (χ3n) is 2.62. The predicted octanol–water partition coefficient (Wildman–Crippen LogP) is 1.71. The van der Waals surface area contributed by atoms with E-state index < -0.39 is 0 Å². The summed E-state index contributed by atoms with van der Waals surface area (Å²) in [7, 11) is 1.62. The number of nitrogens with one attached hydrogen (secondary N) is 2. The number of carbonyl (C=O) groups is 1. The van der Waals surface area contributed by atoms with Crippen molar-refractivity contribution >= 4 is 12.1 Å². The maximum atomic E-state index is 11.6. The molecule has 1 aromatic carbocycles. The molecule has 2 rings (SSSR count). The van der Waals surface area contributed by atoms with E-state index >= 15 is 0 Å². The summed E-state index contributed by atoms with van der Waals surface area (Å²) in [6, 6.07) is 7.95. The Morgan fingerprint density at radius 2 is 2.19 bits per heavy atom. The third kappa shape index (κ3) is 1.92. The first-order valence-corrected chi connectivity index (χ1v) is 5.24. The molecule has 0 bridgehead atoms. The van der Waals surface area contributed by atoms with Gasteiger partial charge in [-0.2, -0.15) is 0 Å². The minimum atomic E-state index is -0.151. The van der Waals surface area contributed by atoms with Crippen molar-refractivity contribution in [2.45, 2.75) is 13.5 Å². The molecule has 0 spiro atoms. The fourth-order valence-electron chi connectivity index (χ4n) is 1.76. The molecule has 0 saturated heterocycles. The SMILES string of the molecule is CNC(=O)N1NCc2ccccc2C=C1C. The van der Waals surface area contributed by atoms with Gasteiger partial charge in [-0.3, -0.25) is 0 Å². The number of nitrogens with zero attached hydrogens (tertiary/aromatic N) is 1. The van der Waals surface area contributed by atoms with Crippen molar-refractivity contribution < 1.29 is 4.79 Å². The Kier molecular flexibility index (Phi) is 2.92. The average Bonchev–Trinajstić information content (AvgIpc) is 2.46. The van der Waals surface area contributed by atoms with Crippen LogP contribution < -0.4 is 10.7 Å². The lowest BCUT2D eigenvalue weighted by atomic mass is 10.1. The lowest BCUT2D eigenvalue weighted by molar-refractivity contribution is 0.193. The molecule has 1 heterocycles. The number of amides is 2. The van der Waals surface area contributed by atoms with Crippen molar-refractivity contribution in [3.05, 3.63) is 41.1 Å². The Labute approximate surface area is 94.9 Å². The maximum Gasteiger partial charge on any atom is 0.335 e. The number of hydrazine groups is 1. The number of hydrogen-bond acceptors (Lipinski definition) is 2. The molecule has 1 aromatic rings. The van der Waals surface area contributed by atoms with Crippen LogP contribution in [0.25, 0.3) is 6.08 Å². The topological polar surface area (TPSA) is 44.4 Å². The van der Waals surface area contributed by atoms with Crippen molar-refractivity contribution in [1.82, 2.24) is 15.8 Å². The second kappa shape index (κ2) is 4.37. The summed E-state index contributed by atoms with van der Waals surface area (Å²) in [5.41, 5.74) is 6.31. The van der Waals surface area contributed by atoms with Gasteiger partial charge in [-0.25, -0.2) is 15.2 Å². The van der Waals surface area contributed by atoms with Crippen molar-refractivity contribution in [3.8, 4) is 0 Å². The van der Waals surface area contributed by atoms with E-state index in [9.17, 15) is 4.79 Å². The van der Waals surface area contributed by atoms with Crippen LogP contribution in [0.1, 0.15) is 18.1 Å². The van der Waals surface area contributed by atoms with Gasteiger partial charge in [0.05, 0.1) is 0 Å². The van der Waals surface area contributed by atoms with Crippen LogP contribution in [0.15, 0.2) is 30.0 Å². The molecule has 1 aliphatic rings. The molecule has 16 heavy (non-hydrogen) atoms. The van der Waals surface area contributed by atoms with Crippen LogP contribution in [-0.4, -0.2) is 18.1 Å². The molecule has 84 valence electrons. The van der Waals surface area contributed by atoms with Crippen LogP contribution in [-0.2, 0) is 6.54 Å². The summed E-state index contributed by atoms with van der Waals surface area (Å²) < 4.78 is 0. The van der Waals surface area contributed by atoms with Crippen LogP contribution in [0.3, 0.4) is 0 Å². The standard InChI is InChI=1S/C12H15N3O/c1-9-7-10-5-3-4-6-11(10)8-14-15(9)12(16)13-2/h3-7,14H,8H2,1-2H3,(H,13,16). The van der Waals surface area contributed by atoms with E-state index in [2.05, 4.69) is 16.8 Å². The van der Waals surface area contributed by atoms with Gasteiger partial charge in [-0.05, 0) is 24.1 Å². The van der Waals surface area contributed by atoms with Gasteiger partial charge in [-0.1, -0.05) is 24.3 Å². The lowest BCUT2D eigenvalue weighted by Gasteiger charge is -2.21. The van der Waals surface area contributed by atoms with Gasteiger partial charge >= 0.3 is 6.03 Å². The van der Waals surface area contributed by atoms with Gasteiger partial charge in [0, 0.05) is 19.3 Å². The Hall–Kier alpha value is -1.81. The van der Waals surface area contributed by atoms with Gasteiger partial charge in [0.1, 0.15) is 0 Å². The summed E-state index contributed by atoms with van der Waals surface area (Å²) in [4.78, 5) is 11.6. The predicted molar refractivity (Wildman–Crippen MR) is 63.2 cm³/mol. The highest BCUT2D eigenvalue weighted by Crippen LogP contribution is 2.18. The number of allylic oxidation sites excluding steroid dienone is 1. The van der Waals surface area contributed by atoms with Gasteiger partial charge in [0.2, 0.25) is 0 Å². The monoisotopic (exact) mass is 217 g/mol. The zero-order valence-corrected chi connectivity index (χ0v) is 9.45. The third-order valence-corrected chi connectivity index (χ3v) is 2.62. The molecule has 0 aromatic heterocycles. The Morgan fingerprint density at radius 1 is 1.44 bits per heavy atom. The van der Waals surface area contributed by atoms with Crippen molar-refractivity contribution in [3.63, 3.8) is 0 Å². The van der Waals surface area contributed by atoms with E-state index in [-0.39, 0.29) is 6.03 Å². The fraction of sp³-hybridized carbons (Fsp3) is 0.250. The van der Waals surface area contributed by atoms with E-state index in [0.29, 0.717) is 6.54 Å². The molecular formula is C12H15N3O. The summed E-state index contributed by atoms with van der Waals surface area (Å²) >= 11 is 0. The van der Waals surface area contributed by atoms with Gasteiger partial charge in [0.25, 0.3) is 0 Å². The van der Waals surface area contributed by atoms with E-state index in [4.69, 9.17) is 0 Å². The number of hydrogen-bond donors (Lipinski definition) is 2. The lowest BCUT2D eigenvalue weighted by Crippen LogP contribution is -2.44. The summed E-state index contributed by atoms with van der Waals surface area (Å²) in [5, 5.41) is 4.13. The van der Waals surface area contributed by atoms with E-state index in [1.165, 1.54) is 10.6 Å². The van der Waals surface area contributed by atoms with E-state index in [1.807, 2.05) is 31.2 Å². The highest BCUT2D eigenvalue weighted by atomic mass is 16.2. The smallest absolute Gasteiger partial charge is 0.335 e. The molecule has 0 fully saturated rings. The van der Waals surface area contributed by atoms with Gasteiger partial charge in [0.15, 0.2) is 0 Å². The van der Waals surface area contributed by atoms with Crippen LogP contribution >= 0.6 is 0 Å². The van der Waals surface area contributed by atoms with Gasteiger partial charge in [-0.15, -0.1) is 0 Å². The first-order chi connectivity index (χ1) is 7.72. The van der Waals surface area contributed by atoms with Crippen LogP contribution in [0.4, 0.5) is 4.79 Å². The summed E-state index contributed by atoms with van der Waals surface area (Å²) in [5.74, 6) is 0. The minimum Gasteiger partial charge on any atom is -0.340 e. The Bertz CT molecular complexity index is 440. The molecule has 0 unspecified atom stereocenters. The molecule has 0 atom stereocenters. The molecular weight excluding hydrogens is 202 g/mol. The normalized spacial score (nSPS) is 14.9. The highest BCUT2D eigenvalue weighted by Gasteiger charge is 2.16. The molecule has 0 saturated carbocycles. The Morgan fingerprint density at radius 3 is 2.94 bits per heavy atom. The number of rotatable bonds is 0. The van der Waals surface area contributed by atoms with E-state index in [0.717, 1.165) is 11.3 Å². The quantitative estimate of drug-likeness (QED) is 0.694. The Balaban J connectivity index is 2.34. The molecule has 2 amide bonds.